The summed E-state index contributed by atoms with van der Waals surface area (Å²) in [6, 6.07) is 11.2. The summed E-state index contributed by atoms with van der Waals surface area (Å²) in [4.78, 5) is 16.8. The van der Waals surface area contributed by atoms with E-state index in [0.29, 0.717) is 15.8 Å². The van der Waals surface area contributed by atoms with Crippen LogP contribution in [0, 0.1) is 6.92 Å². The number of thiazole rings is 1. The topological polar surface area (TPSA) is 42.0 Å². The van der Waals surface area contributed by atoms with Gasteiger partial charge in [0.2, 0.25) is 5.91 Å². The van der Waals surface area contributed by atoms with Gasteiger partial charge in [-0.1, -0.05) is 57.0 Å². The summed E-state index contributed by atoms with van der Waals surface area (Å²) in [5.41, 5.74) is 3.58. The molecule has 0 aliphatic carbocycles. The van der Waals surface area contributed by atoms with Crippen molar-refractivity contribution in [2.75, 3.05) is 5.32 Å². The Hall–Kier alpha value is -1.05. The number of benzene rings is 2. The van der Waals surface area contributed by atoms with Gasteiger partial charge in [0.05, 0.1) is 12.1 Å². The number of rotatable bonds is 6. The molecule has 0 radical (unpaired) electrons. The molecule has 0 aliphatic rings. The number of carbonyl (C=O) groups excluding carboxylic acids is 1. The first-order valence-electron chi connectivity index (χ1n) is 7.98. The smallest absolute Gasteiger partial charge is 0.230 e. The van der Waals surface area contributed by atoms with E-state index in [-0.39, 0.29) is 12.3 Å². The number of hydrogen-bond donors (Lipinski definition) is 1. The maximum atomic E-state index is 12.3. The summed E-state index contributed by atoms with van der Waals surface area (Å²) in [6.45, 7) is 1.96. The number of anilines is 1. The van der Waals surface area contributed by atoms with Gasteiger partial charge in [-0.25, -0.2) is 4.98 Å². The molecule has 0 saturated heterocycles. The van der Waals surface area contributed by atoms with Crippen LogP contribution in [0.4, 0.5) is 5.69 Å². The molecule has 3 aromatic rings. The maximum absolute atomic E-state index is 12.3. The molecule has 1 amide bonds. The number of aryl methyl sites for hydroxylation is 1. The van der Waals surface area contributed by atoms with E-state index in [2.05, 4.69) is 26.2 Å². The molecule has 2 aromatic carbocycles. The highest BCUT2D eigenvalue weighted by molar-refractivity contribution is 9.10. The van der Waals surface area contributed by atoms with E-state index in [0.717, 1.165) is 31.3 Å². The second-order valence-corrected chi connectivity index (χ2v) is 9.65. The fourth-order valence-electron chi connectivity index (χ4n) is 2.34. The van der Waals surface area contributed by atoms with Gasteiger partial charge in [0.25, 0.3) is 0 Å². The highest BCUT2D eigenvalue weighted by atomic mass is 79.9. The summed E-state index contributed by atoms with van der Waals surface area (Å²) >= 11 is 18.7. The van der Waals surface area contributed by atoms with Gasteiger partial charge in [-0.3, -0.25) is 4.79 Å². The fraction of sp³-hybridized carbons (Fsp3) is 0.158. The number of carbonyl (C=O) groups is 1. The van der Waals surface area contributed by atoms with Crippen molar-refractivity contribution in [3.8, 4) is 0 Å². The zero-order valence-electron chi connectivity index (χ0n) is 14.3. The first kappa shape index (κ1) is 20.7. The Morgan fingerprint density at radius 1 is 1.26 bits per heavy atom. The standard InChI is InChI=1S/C19H15BrCl2N2OS2/c1-11-6-13(20)3-5-17(11)24-18(25)8-15-10-27-19(23-15)26-9-12-2-4-14(21)7-16(12)22/h2-7,10H,8-9H2,1H3,(H,24,25). The molecule has 27 heavy (non-hydrogen) atoms. The molecule has 1 heterocycles. The molecule has 0 unspecified atom stereocenters. The van der Waals surface area contributed by atoms with E-state index in [1.807, 2.05) is 42.6 Å². The van der Waals surface area contributed by atoms with Gasteiger partial charge >= 0.3 is 0 Å². The minimum absolute atomic E-state index is 0.0805. The zero-order valence-corrected chi connectivity index (χ0v) is 19.0. The summed E-state index contributed by atoms with van der Waals surface area (Å²) in [5.74, 6) is 0.621. The quantitative estimate of drug-likeness (QED) is 0.370. The summed E-state index contributed by atoms with van der Waals surface area (Å²) < 4.78 is 1.89. The second-order valence-electron chi connectivity index (χ2n) is 5.81. The third-order valence-corrected chi connectivity index (χ3v) is 6.90. The minimum atomic E-state index is -0.0805. The van der Waals surface area contributed by atoms with Gasteiger partial charge in [0.15, 0.2) is 0 Å². The molecule has 3 nitrogen and oxygen atoms in total. The lowest BCUT2D eigenvalue weighted by atomic mass is 10.2. The predicted octanol–water partition coefficient (Wildman–Crippen LogP) is 6.99. The summed E-state index contributed by atoms with van der Waals surface area (Å²) in [7, 11) is 0. The fourth-order valence-corrected chi connectivity index (χ4v) is 5.22. The van der Waals surface area contributed by atoms with E-state index in [4.69, 9.17) is 23.2 Å². The molecule has 140 valence electrons. The average Bonchev–Trinajstić information content (AvgIpc) is 3.04. The van der Waals surface area contributed by atoms with E-state index < -0.39 is 0 Å². The van der Waals surface area contributed by atoms with Crippen molar-refractivity contribution < 1.29 is 4.79 Å². The van der Waals surface area contributed by atoms with Gasteiger partial charge in [-0.05, 0) is 48.4 Å². The molecule has 0 aliphatic heterocycles. The molecule has 0 fully saturated rings. The van der Waals surface area contributed by atoms with Crippen LogP contribution < -0.4 is 5.32 Å². The monoisotopic (exact) mass is 500 g/mol. The molecule has 0 bridgehead atoms. The summed E-state index contributed by atoms with van der Waals surface area (Å²) in [5, 5.41) is 6.12. The number of aromatic nitrogens is 1. The molecular weight excluding hydrogens is 487 g/mol. The molecule has 1 N–H and O–H groups in total. The molecule has 3 rings (SSSR count). The van der Waals surface area contributed by atoms with Crippen LogP contribution in [0.5, 0.6) is 0 Å². The van der Waals surface area contributed by atoms with Crippen molar-refractivity contribution >= 4 is 73.8 Å². The van der Waals surface area contributed by atoms with Crippen LogP contribution >= 0.6 is 62.2 Å². The van der Waals surface area contributed by atoms with Crippen molar-refractivity contribution in [1.29, 1.82) is 0 Å². The van der Waals surface area contributed by atoms with Gasteiger partial charge in [0.1, 0.15) is 4.34 Å². The number of hydrogen-bond acceptors (Lipinski definition) is 4. The first-order chi connectivity index (χ1) is 12.9. The number of nitrogens with zero attached hydrogens (tertiary/aromatic N) is 1. The Labute approximate surface area is 184 Å². The average molecular weight is 502 g/mol. The zero-order chi connectivity index (χ0) is 19.4. The van der Waals surface area contributed by atoms with E-state index in [1.165, 1.54) is 11.3 Å². The first-order valence-corrected chi connectivity index (χ1v) is 11.4. The van der Waals surface area contributed by atoms with E-state index in [9.17, 15) is 4.79 Å². The molecule has 1 aromatic heterocycles. The second kappa shape index (κ2) is 9.43. The van der Waals surface area contributed by atoms with Crippen LogP contribution in [-0.4, -0.2) is 10.9 Å². The third-order valence-electron chi connectivity index (χ3n) is 3.70. The van der Waals surface area contributed by atoms with Crippen molar-refractivity contribution in [3.05, 3.63) is 73.1 Å². The molecule has 0 atom stereocenters. The van der Waals surface area contributed by atoms with Crippen molar-refractivity contribution in [2.24, 2.45) is 0 Å². The van der Waals surface area contributed by atoms with Crippen LogP contribution in [0.25, 0.3) is 0 Å². The SMILES string of the molecule is Cc1cc(Br)ccc1NC(=O)Cc1csc(SCc2ccc(Cl)cc2Cl)n1. The maximum Gasteiger partial charge on any atom is 0.230 e. The lowest BCUT2D eigenvalue weighted by molar-refractivity contribution is -0.115. The van der Waals surface area contributed by atoms with Crippen molar-refractivity contribution in [2.45, 2.75) is 23.4 Å². The highest BCUT2D eigenvalue weighted by Gasteiger charge is 2.11. The summed E-state index contributed by atoms with van der Waals surface area (Å²) in [6.07, 6.45) is 0.244. The molecule has 8 heteroatoms. The van der Waals surface area contributed by atoms with Crippen LogP contribution in [0.2, 0.25) is 10.0 Å². The Morgan fingerprint density at radius 3 is 2.81 bits per heavy atom. The number of nitrogens with one attached hydrogen (secondary N) is 1. The van der Waals surface area contributed by atoms with E-state index in [1.54, 1.807) is 17.8 Å². The number of amides is 1. The van der Waals surface area contributed by atoms with E-state index >= 15 is 0 Å². The van der Waals surface area contributed by atoms with Gasteiger partial charge < -0.3 is 5.32 Å². The Balaban J connectivity index is 1.56. The third kappa shape index (κ3) is 5.96. The Kier molecular flexibility index (Phi) is 7.22. The number of halogens is 3. The highest BCUT2D eigenvalue weighted by Crippen LogP contribution is 2.30. The van der Waals surface area contributed by atoms with Crippen molar-refractivity contribution in [1.82, 2.24) is 4.98 Å². The largest absolute Gasteiger partial charge is 0.326 e. The van der Waals surface area contributed by atoms with Crippen molar-refractivity contribution in [3.63, 3.8) is 0 Å². The number of thioether (sulfide) groups is 1. The van der Waals surface area contributed by atoms with Gasteiger partial charge in [0, 0.05) is 31.3 Å². The Morgan fingerprint density at radius 2 is 2.07 bits per heavy atom. The molecule has 0 spiro atoms. The minimum Gasteiger partial charge on any atom is -0.326 e. The molecular formula is C19H15BrCl2N2OS2. The van der Waals surface area contributed by atoms with Gasteiger partial charge in [-0.15, -0.1) is 11.3 Å². The van der Waals surface area contributed by atoms with Gasteiger partial charge in [-0.2, -0.15) is 0 Å². The normalized spacial score (nSPS) is 10.8. The van der Waals surface area contributed by atoms with Crippen LogP contribution in [0.1, 0.15) is 16.8 Å². The van der Waals surface area contributed by atoms with Crippen LogP contribution in [0.15, 0.2) is 50.6 Å². The van der Waals surface area contributed by atoms with Crippen LogP contribution in [0.3, 0.4) is 0 Å². The lowest BCUT2D eigenvalue weighted by Crippen LogP contribution is -2.15. The molecule has 0 saturated carbocycles. The Bertz CT molecular complexity index is 978. The predicted molar refractivity (Wildman–Crippen MR) is 119 cm³/mol. The van der Waals surface area contributed by atoms with Crippen LogP contribution in [-0.2, 0) is 17.0 Å². The lowest BCUT2D eigenvalue weighted by Gasteiger charge is -2.08.